The lowest BCUT2D eigenvalue weighted by atomic mass is 10.2. The lowest BCUT2D eigenvalue weighted by Gasteiger charge is -2.07. The average molecular weight is 279 g/mol. The molecule has 0 saturated heterocycles. The summed E-state index contributed by atoms with van der Waals surface area (Å²) >= 11 is 0. The number of nitrogens with two attached hydrogens (primary N) is 1. The molecule has 0 fully saturated rings. The Morgan fingerprint density at radius 1 is 1.25 bits per heavy atom. The third-order valence-corrected chi connectivity index (χ3v) is 2.49. The second-order valence-corrected chi connectivity index (χ2v) is 4.35. The molecule has 2 amide bonds. The summed E-state index contributed by atoms with van der Waals surface area (Å²) in [6.45, 7) is 3.47. The van der Waals surface area contributed by atoms with Gasteiger partial charge in [0.25, 0.3) is 5.91 Å². The van der Waals surface area contributed by atoms with Crippen LogP contribution in [-0.2, 0) is 16.1 Å². The zero-order valence-corrected chi connectivity index (χ0v) is 11.6. The molecule has 0 aromatic heterocycles. The number of carbonyl (C=O) groups is 2. The number of benzene rings is 1. The van der Waals surface area contributed by atoms with Crippen LogP contribution in [-0.4, -0.2) is 31.5 Å². The van der Waals surface area contributed by atoms with Gasteiger partial charge in [0.15, 0.2) is 6.61 Å². The number of rotatable bonds is 9. The van der Waals surface area contributed by atoms with Gasteiger partial charge in [-0.3, -0.25) is 9.59 Å². The van der Waals surface area contributed by atoms with E-state index in [-0.39, 0.29) is 12.5 Å². The summed E-state index contributed by atoms with van der Waals surface area (Å²) in [5, 5.41) is 5.84. The van der Waals surface area contributed by atoms with Crippen molar-refractivity contribution in [2.45, 2.75) is 19.9 Å². The Hall–Kier alpha value is -2.08. The van der Waals surface area contributed by atoms with E-state index < -0.39 is 5.91 Å². The van der Waals surface area contributed by atoms with E-state index in [9.17, 15) is 9.59 Å². The molecule has 110 valence electrons. The van der Waals surface area contributed by atoms with Crippen molar-refractivity contribution in [3.63, 3.8) is 0 Å². The van der Waals surface area contributed by atoms with Crippen molar-refractivity contribution in [2.24, 2.45) is 5.73 Å². The van der Waals surface area contributed by atoms with Crippen LogP contribution < -0.4 is 21.1 Å². The monoisotopic (exact) mass is 279 g/mol. The molecule has 0 aliphatic carbocycles. The molecular formula is C14H21N3O3. The van der Waals surface area contributed by atoms with Crippen LogP contribution in [0.4, 0.5) is 0 Å². The third-order valence-electron chi connectivity index (χ3n) is 2.49. The van der Waals surface area contributed by atoms with Crippen LogP contribution in [0, 0.1) is 0 Å². The minimum atomic E-state index is -0.506. The lowest BCUT2D eigenvalue weighted by molar-refractivity contribution is -0.120. The number of amides is 2. The first-order valence-electron chi connectivity index (χ1n) is 6.59. The highest BCUT2D eigenvalue weighted by molar-refractivity contribution is 5.77. The Bertz CT molecular complexity index is 432. The Morgan fingerprint density at radius 2 is 1.95 bits per heavy atom. The second kappa shape index (κ2) is 8.92. The quantitative estimate of drug-likeness (QED) is 0.600. The number of nitrogens with one attached hydrogen (secondary N) is 2. The van der Waals surface area contributed by atoms with Crippen LogP contribution in [0.3, 0.4) is 0 Å². The Kier molecular flexibility index (Phi) is 7.13. The summed E-state index contributed by atoms with van der Waals surface area (Å²) in [4.78, 5) is 21.9. The number of ether oxygens (including phenoxy) is 1. The van der Waals surface area contributed by atoms with E-state index in [1.54, 1.807) is 12.1 Å². The van der Waals surface area contributed by atoms with Gasteiger partial charge >= 0.3 is 0 Å². The maximum Gasteiger partial charge on any atom is 0.255 e. The molecule has 0 radical (unpaired) electrons. The van der Waals surface area contributed by atoms with E-state index >= 15 is 0 Å². The molecule has 0 bridgehead atoms. The third kappa shape index (κ3) is 6.75. The average Bonchev–Trinajstić information content (AvgIpc) is 2.44. The molecule has 20 heavy (non-hydrogen) atoms. The summed E-state index contributed by atoms with van der Waals surface area (Å²) in [6, 6.07) is 7.26. The fraction of sp³-hybridized carbons (Fsp3) is 0.429. The highest BCUT2D eigenvalue weighted by Crippen LogP contribution is 2.11. The van der Waals surface area contributed by atoms with Crippen LogP contribution in [0.2, 0.25) is 0 Å². The second-order valence-electron chi connectivity index (χ2n) is 4.35. The van der Waals surface area contributed by atoms with Crippen LogP contribution in [0.5, 0.6) is 5.75 Å². The number of hydrogen-bond acceptors (Lipinski definition) is 4. The molecule has 0 saturated carbocycles. The number of primary amides is 1. The highest BCUT2D eigenvalue weighted by Gasteiger charge is 2.01. The van der Waals surface area contributed by atoms with Crippen molar-refractivity contribution in [3.05, 3.63) is 29.8 Å². The van der Waals surface area contributed by atoms with Gasteiger partial charge < -0.3 is 21.1 Å². The summed E-state index contributed by atoms with van der Waals surface area (Å²) in [5.41, 5.74) is 6.01. The lowest BCUT2D eigenvalue weighted by Crippen LogP contribution is -2.33. The number of hydrogen-bond donors (Lipinski definition) is 3. The Labute approximate surface area is 118 Å². The van der Waals surface area contributed by atoms with E-state index in [0.29, 0.717) is 25.4 Å². The fourth-order valence-electron chi connectivity index (χ4n) is 1.51. The Balaban J connectivity index is 2.27. The highest BCUT2D eigenvalue weighted by atomic mass is 16.5. The minimum absolute atomic E-state index is 0.00624. The molecule has 0 atom stereocenters. The Morgan fingerprint density at radius 3 is 2.55 bits per heavy atom. The van der Waals surface area contributed by atoms with Gasteiger partial charge in [-0.2, -0.15) is 0 Å². The molecule has 6 heteroatoms. The van der Waals surface area contributed by atoms with Crippen LogP contribution >= 0.6 is 0 Å². The van der Waals surface area contributed by atoms with E-state index in [0.717, 1.165) is 12.0 Å². The van der Waals surface area contributed by atoms with Gasteiger partial charge in [0.05, 0.1) is 6.54 Å². The van der Waals surface area contributed by atoms with Crippen molar-refractivity contribution < 1.29 is 14.3 Å². The van der Waals surface area contributed by atoms with Gasteiger partial charge in [0, 0.05) is 13.1 Å². The largest absolute Gasteiger partial charge is 0.484 e. The van der Waals surface area contributed by atoms with Gasteiger partial charge in [-0.1, -0.05) is 19.1 Å². The molecule has 0 aliphatic heterocycles. The predicted molar refractivity (Wildman–Crippen MR) is 76.1 cm³/mol. The zero-order valence-electron chi connectivity index (χ0n) is 11.6. The van der Waals surface area contributed by atoms with Gasteiger partial charge in [0.2, 0.25) is 5.91 Å². The van der Waals surface area contributed by atoms with Crippen molar-refractivity contribution in [2.75, 3.05) is 19.7 Å². The van der Waals surface area contributed by atoms with E-state index in [1.807, 2.05) is 19.1 Å². The smallest absolute Gasteiger partial charge is 0.255 e. The SMILES string of the molecule is CCCNC(=O)CNCc1ccc(OCC(N)=O)cc1. The molecule has 0 spiro atoms. The maximum atomic E-state index is 11.4. The molecular weight excluding hydrogens is 258 g/mol. The van der Waals surface area contributed by atoms with Crippen LogP contribution in [0.25, 0.3) is 0 Å². The van der Waals surface area contributed by atoms with E-state index in [2.05, 4.69) is 10.6 Å². The summed E-state index contributed by atoms with van der Waals surface area (Å²) in [5.74, 6) is 0.0790. The normalized spacial score (nSPS) is 10.1. The topological polar surface area (TPSA) is 93.4 Å². The van der Waals surface area contributed by atoms with Gasteiger partial charge in [-0.05, 0) is 24.1 Å². The zero-order chi connectivity index (χ0) is 14.8. The predicted octanol–water partition coefficient (Wildman–Crippen LogP) is 0.167. The molecule has 1 rings (SSSR count). The van der Waals surface area contributed by atoms with Crippen molar-refractivity contribution in [1.82, 2.24) is 10.6 Å². The summed E-state index contributed by atoms with van der Waals surface area (Å²) in [7, 11) is 0. The number of carbonyl (C=O) groups excluding carboxylic acids is 2. The van der Waals surface area contributed by atoms with E-state index in [4.69, 9.17) is 10.5 Å². The molecule has 0 aliphatic rings. The fourth-order valence-corrected chi connectivity index (χ4v) is 1.51. The first kappa shape index (κ1) is 16.0. The minimum Gasteiger partial charge on any atom is -0.484 e. The molecule has 4 N–H and O–H groups in total. The summed E-state index contributed by atoms with van der Waals surface area (Å²) < 4.78 is 5.15. The van der Waals surface area contributed by atoms with Gasteiger partial charge in [-0.15, -0.1) is 0 Å². The van der Waals surface area contributed by atoms with Gasteiger partial charge in [-0.25, -0.2) is 0 Å². The summed E-state index contributed by atoms with van der Waals surface area (Å²) in [6.07, 6.45) is 0.929. The van der Waals surface area contributed by atoms with Crippen molar-refractivity contribution in [3.8, 4) is 5.75 Å². The van der Waals surface area contributed by atoms with Crippen molar-refractivity contribution >= 4 is 11.8 Å². The van der Waals surface area contributed by atoms with E-state index in [1.165, 1.54) is 0 Å². The molecule has 1 aromatic rings. The van der Waals surface area contributed by atoms with Crippen LogP contribution in [0.1, 0.15) is 18.9 Å². The standard InChI is InChI=1S/C14H21N3O3/c1-2-7-17-14(19)9-16-8-11-3-5-12(6-4-11)20-10-13(15)18/h3-6,16H,2,7-10H2,1H3,(H2,15,18)(H,17,19). The van der Waals surface area contributed by atoms with Crippen molar-refractivity contribution in [1.29, 1.82) is 0 Å². The molecule has 1 aromatic carbocycles. The molecule has 0 heterocycles. The maximum absolute atomic E-state index is 11.4. The first-order chi connectivity index (χ1) is 9.61. The molecule has 0 unspecified atom stereocenters. The van der Waals surface area contributed by atoms with Crippen LogP contribution in [0.15, 0.2) is 24.3 Å². The molecule has 6 nitrogen and oxygen atoms in total. The van der Waals surface area contributed by atoms with Gasteiger partial charge in [0.1, 0.15) is 5.75 Å². The first-order valence-corrected chi connectivity index (χ1v) is 6.59.